The molecular formula is C36H62BrClFN2O3S+. The van der Waals surface area contributed by atoms with E-state index >= 15 is 4.39 Å². The maximum Gasteiger partial charge on any atom is 0.316 e. The van der Waals surface area contributed by atoms with Crippen LogP contribution in [-0.4, -0.2) is 31.9 Å². The van der Waals surface area contributed by atoms with Crippen LogP contribution in [0.4, 0.5) is 4.39 Å². The zero-order valence-electron chi connectivity index (χ0n) is 29.9. The van der Waals surface area contributed by atoms with Crippen LogP contribution in [0.15, 0.2) is 28.4 Å². The Morgan fingerprint density at radius 1 is 1.16 bits per heavy atom. The first-order valence-corrected chi connectivity index (χ1v) is 18.9. The molecule has 2 N–H and O–H groups in total. The molecule has 0 radical (unpaired) electrons. The maximum absolute atomic E-state index is 15.5. The average Bonchev–Trinajstić information content (AvgIpc) is 3.70. The number of nitroso groups, excluding NO2 is 1. The van der Waals surface area contributed by atoms with Crippen molar-refractivity contribution in [2.45, 2.75) is 126 Å². The Morgan fingerprint density at radius 2 is 1.71 bits per heavy atom. The van der Waals surface area contributed by atoms with E-state index in [1.807, 2.05) is 41.5 Å². The van der Waals surface area contributed by atoms with Gasteiger partial charge in [-0.25, -0.2) is 4.39 Å². The molecule has 3 rings (SSSR count). The number of thiol groups is 1. The van der Waals surface area contributed by atoms with Crippen LogP contribution in [0.3, 0.4) is 0 Å². The molecule has 5 nitrogen and oxygen atoms in total. The minimum Gasteiger partial charge on any atom is -0.468 e. The van der Waals surface area contributed by atoms with Gasteiger partial charge in [0.15, 0.2) is 0 Å². The van der Waals surface area contributed by atoms with Crippen LogP contribution in [0.25, 0.3) is 5.57 Å². The van der Waals surface area contributed by atoms with E-state index in [2.05, 4.69) is 66.4 Å². The summed E-state index contributed by atoms with van der Waals surface area (Å²) >= 11 is 13.2. The Labute approximate surface area is 293 Å². The number of hydrogen-bond acceptors (Lipinski definition) is 5. The van der Waals surface area contributed by atoms with Gasteiger partial charge >= 0.3 is 5.97 Å². The number of hydrogen-bond donors (Lipinski definition) is 3. The average molecular weight is 737 g/mol. The van der Waals surface area contributed by atoms with Crippen molar-refractivity contribution in [1.29, 1.82) is 0 Å². The van der Waals surface area contributed by atoms with Crippen molar-refractivity contribution in [2.24, 2.45) is 17.3 Å². The minimum absolute atomic E-state index is 0.0901. The molecule has 2 aliphatic rings. The minimum atomic E-state index is -1.10. The number of benzene rings is 1. The van der Waals surface area contributed by atoms with Crippen molar-refractivity contribution in [3.63, 3.8) is 0 Å². The van der Waals surface area contributed by atoms with Gasteiger partial charge in [-0.1, -0.05) is 113 Å². The molecule has 2 fully saturated rings. The van der Waals surface area contributed by atoms with Gasteiger partial charge in [-0.15, -0.1) is 0 Å². The van der Waals surface area contributed by atoms with Crippen molar-refractivity contribution >= 4 is 51.7 Å². The van der Waals surface area contributed by atoms with E-state index in [4.69, 9.17) is 16.3 Å². The highest BCUT2D eigenvalue weighted by molar-refractivity contribution is 9.10. The molecule has 0 aromatic heterocycles. The third kappa shape index (κ3) is 11.5. The maximum atomic E-state index is 15.5. The smallest absolute Gasteiger partial charge is 0.316 e. The monoisotopic (exact) mass is 735 g/mol. The number of allylic oxidation sites excluding steroid dienone is 1. The third-order valence-corrected chi connectivity index (χ3v) is 9.81. The zero-order valence-corrected chi connectivity index (χ0v) is 33.1. The topological polar surface area (TPSA) is 69.4 Å². The lowest BCUT2D eigenvalue weighted by atomic mass is 9.66. The fourth-order valence-corrected chi connectivity index (χ4v) is 6.83. The van der Waals surface area contributed by atoms with Crippen LogP contribution in [0, 0.1) is 28.0 Å². The lowest BCUT2D eigenvalue weighted by molar-refractivity contribution is -0.417. The van der Waals surface area contributed by atoms with E-state index < -0.39 is 17.2 Å². The highest BCUT2D eigenvalue weighted by Gasteiger charge is 2.61. The second-order valence-electron chi connectivity index (χ2n) is 10.8. The Bertz CT molecular complexity index is 1080. The second kappa shape index (κ2) is 24.9. The molecule has 1 saturated heterocycles. The van der Waals surface area contributed by atoms with E-state index in [1.165, 1.54) is 26.4 Å². The predicted octanol–water partition coefficient (Wildman–Crippen LogP) is 10.1. The van der Waals surface area contributed by atoms with E-state index in [1.54, 1.807) is 12.3 Å². The number of piperidine rings is 1. The first-order valence-electron chi connectivity index (χ1n) is 16.9. The fourth-order valence-electron chi connectivity index (χ4n) is 6.29. The Hall–Kier alpha value is -1.22. The van der Waals surface area contributed by atoms with Crippen molar-refractivity contribution in [1.82, 2.24) is 5.32 Å². The van der Waals surface area contributed by atoms with Crippen LogP contribution in [0.1, 0.15) is 125 Å². The summed E-state index contributed by atoms with van der Waals surface area (Å²) in [6, 6.07) is 1.78. The van der Waals surface area contributed by atoms with E-state index in [9.17, 15) is 9.70 Å². The lowest BCUT2D eigenvalue weighted by Crippen LogP contribution is -2.64. The van der Waals surface area contributed by atoms with Gasteiger partial charge in [0.05, 0.1) is 22.2 Å². The molecule has 1 aromatic carbocycles. The summed E-state index contributed by atoms with van der Waals surface area (Å²) in [5, 5.41) is 5.68. The first kappa shape index (κ1) is 45.9. The van der Waals surface area contributed by atoms with Crippen LogP contribution >= 0.6 is 40.2 Å². The van der Waals surface area contributed by atoms with Gasteiger partial charge in [0.1, 0.15) is 11.2 Å². The van der Waals surface area contributed by atoms with Gasteiger partial charge < -0.3 is 10.1 Å². The Morgan fingerprint density at radius 3 is 2.07 bits per heavy atom. The van der Waals surface area contributed by atoms with E-state index in [-0.39, 0.29) is 27.2 Å². The van der Waals surface area contributed by atoms with Gasteiger partial charge in [0.2, 0.25) is 0 Å². The number of ether oxygens (including phenoxy) is 1. The molecule has 45 heavy (non-hydrogen) atoms. The first-order chi connectivity index (χ1) is 21.6. The van der Waals surface area contributed by atoms with Crippen LogP contribution in [0.5, 0.6) is 0 Å². The van der Waals surface area contributed by atoms with Gasteiger partial charge in [-0.2, -0.15) is 12.6 Å². The molecule has 0 amide bonds. The van der Waals surface area contributed by atoms with Crippen molar-refractivity contribution in [3.05, 3.63) is 55.3 Å². The Balaban J connectivity index is 0. The van der Waals surface area contributed by atoms with Crippen molar-refractivity contribution in [3.8, 4) is 0 Å². The number of methoxy groups -OCH3 is 1. The number of halogens is 3. The molecule has 1 aromatic rings. The highest BCUT2D eigenvalue weighted by atomic mass is 79.9. The molecule has 9 heteroatoms. The van der Waals surface area contributed by atoms with Gasteiger partial charge in [-0.05, 0) is 83.4 Å². The quantitative estimate of drug-likeness (QED) is 0.0865. The van der Waals surface area contributed by atoms with Gasteiger partial charge in [0, 0.05) is 21.7 Å². The summed E-state index contributed by atoms with van der Waals surface area (Å²) in [4.78, 5) is 25.9. The number of esters is 1. The lowest BCUT2D eigenvalue weighted by Gasteiger charge is -2.37. The summed E-state index contributed by atoms with van der Waals surface area (Å²) in [6.07, 6.45) is 9.44. The number of nitrogens with one attached hydrogen (secondary N) is 2. The second-order valence-corrected chi connectivity index (χ2v) is 12.0. The van der Waals surface area contributed by atoms with Crippen LogP contribution < -0.4 is 10.5 Å². The van der Waals surface area contributed by atoms with Crippen molar-refractivity contribution < 1.29 is 19.1 Å². The molecular weight excluding hydrogens is 675 g/mol. The molecule has 1 aliphatic heterocycles. The predicted molar refractivity (Wildman–Crippen MR) is 199 cm³/mol. The van der Waals surface area contributed by atoms with Crippen LogP contribution in [0.2, 0.25) is 5.02 Å². The van der Waals surface area contributed by atoms with Crippen LogP contribution in [-0.2, 0) is 16.0 Å². The molecule has 0 spiro atoms. The number of fused-ring (bicyclic) bond motifs is 2. The molecule has 2 bridgehead atoms. The van der Waals surface area contributed by atoms with Crippen molar-refractivity contribution in [2.75, 3.05) is 19.9 Å². The van der Waals surface area contributed by atoms with Gasteiger partial charge in [-0.3, -0.25) is 4.79 Å². The normalized spacial score (nSPS) is 19.7. The highest BCUT2D eigenvalue weighted by Crippen LogP contribution is 2.57. The third-order valence-electron chi connectivity index (χ3n) is 8.51. The summed E-state index contributed by atoms with van der Waals surface area (Å²) in [6.45, 7) is 23.5. The standard InChI is InChI=1S/C24H29BrClFN2O3.C7H16.2C2H6.CH4S/c1-5-7-13(3)22(29-31)19(17-10-18(26)20(25)21(27)16(17)8-6-2)24(23(30)32-4)11-15-9-14(24)12-28-15;1-4-7(5-2)6-3;3*1-2/h10,14-15,28H,3,5-9,11-12H2,1-2,4H3;7H,4-6H2,1-3H3;2*1-2H3;2H,1H3/p+1/b22-19-;;;;. The largest absolute Gasteiger partial charge is 0.468 e. The summed E-state index contributed by atoms with van der Waals surface area (Å²) < 4.78 is 21.0. The molecule has 1 heterocycles. The summed E-state index contributed by atoms with van der Waals surface area (Å²) in [5.41, 5.74) is 1.09. The number of carbonyl (C=O) groups excluding carboxylic acids is 1. The SMILES string of the molecule is C=C(CCC)/C([NH+]=O)=C(\c1cc(Cl)c(Br)c(F)c1CCC)C1(C(=O)OC)CC2CC1CN2.CC.CC.CCC(CC)CC.CS. The fraction of sp³-hybridized carbons (Fsp3) is 0.694. The van der Waals surface area contributed by atoms with E-state index in [0.29, 0.717) is 54.5 Å². The molecule has 1 aliphatic carbocycles. The van der Waals surface area contributed by atoms with E-state index in [0.717, 1.165) is 18.8 Å². The molecule has 1 saturated carbocycles. The number of rotatable bonds is 12. The summed E-state index contributed by atoms with van der Waals surface area (Å²) in [7, 11) is 1.36. The molecule has 260 valence electrons. The molecule has 3 atom stereocenters. The number of carbonyl (C=O) groups is 1. The Kier molecular flexibility index (Phi) is 25.4. The zero-order chi connectivity index (χ0) is 35.3. The van der Waals surface area contributed by atoms with Gasteiger partial charge in [0.25, 0.3) is 5.70 Å². The molecule has 3 unspecified atom stereocenters. The summed E-state index contributed by atoms with van der Waals surface area (Å²) in [5.74, 6) is 0.00707.